The monoisotopic (exact) mass is 176 g/mol. The van der Waals surface area contributed by atoms with Gasteiger partial charge in [-0.05, 0) is 18.6 Å². The van der Waals surface area contributed by atoms with Crippen LogP contribution in [0.5, 0.6) is 0 Å². The van der Waals surface area contributed by atoms with Gasteiger partial charge in [0.15, 0.2) is 0 Å². The van der Waals surface area contributed by atoms with Crippen molar-refractivity contribution in [2.75, 3.05) is 11.6 Å². The largest absolute Gasteiger partial charge is 0.400 e. The minimum Gasteiger partial charge on any atom is -0.400 e. The molecule has 3 N–H and O–H groups in total. The highest BCUT2D eigenvalue weighted by molar-refractivity contribution is 5.49. The number of pyridine rings is 1. The van der Waals surface area contributed by atoms with Gasteiger partial charge < -0.3 is 5.73 Å². The van der Waals surface area contributed by atoms with E-state index in [0.717, 1.165) is 17.1 Å². The fourth-order valence-corrected chi connectivity index (χ4v) is 1.30. The molecule has 0 saturated carbocycles. The van der Waals surface area contributed by atoms with Crippen LogP contribution in [0.2, 0.25) is 0 Å². The van der Waals surface area contributed by atoms with Gasteiger partial charge in [-0.15, -0.1) is 0 Å². The van der Waals surface area contributed by atoms with Crippen LogP contribution < -0.4 is 16.2 Å². The molecule has 0 unspecified atom stereocenters. The second kappa shape index (κ2) is 3.06. The maximum absolute atomic E-state index is 5.64. The Hall–Kier alpha value is -1.55. The van der Waals surface area contributed by atoms with Crippen LogP contribution in [-0.4, -0.2) is 11.5 Å². The van der Waals surface area contributed by atoms with Gasteiger partial charge in [0.25, 0.3) is 0 Å². The lowest BCUT2D eigenvalue weighted by molar-refractivity contribution is 0.786. The Morgan fingerprint density at radius 2 is 2.46 bits per heavy atom. The van der Waals surface area contributed by atoms with E-state index in [2.05, 4.69) is 10.4 Å². The fourth-order valence-electron chi connectivity index (χ4n) is 1.30. The zero-order valence-corrected chi connectivity index (χ0v) is 7.49. The summed E-state index contributed by atoms with van der Waals surface area (Å²) in [5, 5.41) is 1.85. The van der Waals surface area contributed by atoms with Gasteiger partial charge in [0.1, 0.15) is 5.82 Å². The molecule has 68 valence electrons. The van der Waals surface area contributed by atoms with Crippen molar-refractivity contribution < 1.29 is 0 Å². The summed E-state index contributed by atoms with van der Waals surface area (Å²) in [6.45, 7) is 2.71. The van der Waals surface area contributed by atoms with Gasteiger partial charge >= 0.3 is 0 Å². The van der Waals surface area contributed by atoms with E-state index in [4.69, 9.17) is 5.73 Å². The van der Waals surface area contributed by atoms with E-state index in [1.807, 2.05) is 30.3 Å². The summed E-state index contributed by atoms with van der Waals surface area (Å²) in [4.78, 5) is 4.26. The van der Waals surface area contributed by atoms with Crippen molar-refractivity contribution >= 4 is 5.82 Å². The van der Waals surface area contributed by atoms with E-state index in [0.29, 0.717) is 6.54 Å². The van der Waals surface area contributed by atoms with E-state index >= 15 is 0 Å². The number of hydrogen-bond donors (Lipinski definition) is 2. The molecule has 13 heavy (non-hydrogen) atoms. The third-order valence-electron chi connectivity index (χ3n) is 1.96. The number of nitrogens with zero attached hydrogens (tertiary/aromatic N) is 2. The molecule has 0 fully saturated rings. The molecule has 0 radical (unpaired) electrons. The molecule has 0 bridgehead atoms. The van der Waals surface area contributed by atoms with Gasteiger partial charge in [0.2, 0.25) is 0 Å². The van der Waals surface area contributed by atoms with Gasteiger partial charge in [0.05, 0.1) is 6.54 Å². The molecule has 1 aromatic rings. The van der Waals surface area contributed by atoms with E-state index in [1.165, 1.54) is 0 Å². The first kappa shape index (κ1) is 8.07. The lowest BCUT2D eigenvalue weighted by Crippen LogP contribution is -2.29. The Balaban J connectivity index is 2.31. The molecule has 2 heterocycles. The summed E-state index contributed by atoms with van der Waals surface area (Å²) in [5.41, 5.74) is 10.7. The molecule has 1 aliphatic heterocycles. The zero-order chi connectivity index (χ0) is 9.26. The average Bonchev–Trinajstić information content (AvgIpc) is 2.53. The van der Waals surface area contributed by atoms with Gasteiger partial charge in [-0.3, -0.25) is 5.01 Å². The highest BCUT2D eigenvalue weighted by Crippen LogP contribution is 2.16. The van der Waals surface area contributed by atoms with E-state index < -0.39 is 0 Å². The Kier molecular flexibility index (Phi) is 1.90. The third-order valence-corrected chi connectivity index (χ3v) is 1.96. The van der Waals surface area contributed by atoms with Crippen molar-refractivity contribution in [2.24, 2.45) is 5.73 Å². The predicted molar refractivity (Wildman–Crippen MR) is 51.7 cm³/mol. The molecular weight excluding hydrogens is 164 g/mol. The second-order valence-corrected chi connectivity index (χ2v) is 3.05. The number of aryl methyl sites for hydroxylation is 1. The first-order chi connectivity index (χ1) is 6.27. The summed E-state index contributed by atoms with van der Waals surface area (Å²) in [6.07, 6.45) is 3.63. The maximum atomic E-state index is 5.64. The van der Waals surface area contributed by atoms with Crippen LogP contribution in [-0.2, 0) is 0 Å². The Morgan fingerprint density at radius 1 is 1.62 bits per heavy atom. The van der Waals surface area contributed by atoms with Crippen molar-refractivity contribution in [2.45, 2.75) is 6.92 Å². The minimum absolute atomic E-state index is 0.690. The molecule has 0 saturated heterocycles. The highest BCUT2D eigenvalue weighted by Gasteiger charge is 2.13. The van der Waals surface area contributed by atoms with Gasteiger partial charge in [-0.1, -0.05) is 6.07 Å². The van der Waals surface area contributed by atoms with Crippen LogP contribution in [0.15, 0.2) is 30.2 Å². The van der Waals surface area contributed by atoms with E-state index in [9.17, 15) is 0 Å². The van der Waals surface area contributed by atoms with Crippen molar-refractivity contribution in [1.29, 1.82) is 0 Å². The molecule has 2 rings (SSSR count). The third kappa shape index (κ3) is 1.48. The molecule has 4 nitrogen and oxygen atoms in total. The number of aromatic nitrogens is 1. The van der Waals surface area contributed by atoms with Crippen LogP contribution in [0.3, 0.4) is 0 Å². The summed E-state index contributed by atoms with van der Waals surface area (Å²) in [6, 6.07) is 3.94. The van der Waals surface area contributed by atoms with Gasteiger partial charge in [-0.25, -0.2) is 10.4 Å². The summed E-state index contributed by atoms with van der Waals surface area (Å²) in [5.74, 6) is 0.906. The first-order valence-corrected chi connectivity index (χ1v) is 4.18. The molecule has 0 aromatic carbocycles. The van der Waals surface area contributed by atoms with Crippen molar-refractivity contribution in [1.82, 2.24) is 10.4 Å². The fraction of sp³-hybridized carbons (Fsp3) is 0.222. The van der Waals surface area contributed by atoms with Crippen LogP contribution >= 0.6 is 0 Å². The molecule has 0 spiro atoms. The summed E-state index contributed by atoms with van der Waals surface area (Å²) < 4.78 is 0. The molecule has 4 heteroatoms. The zero-order valence-electron chi connectivity index (χ0n) is 7.49. The second-order valence-electron chi connectivity index (χ2n) is 3.05. The van der Waals surface area contributed by atoms with Crippen LogP contribution in [0.25, 0.3) is 0 Å². The van der Waals surface area contributed by atoms with Crippen LogP contribution in [0.1, 0.15) is 5.56 Å². The quantitative estimate of drug-likeness (QED) is 0.654. The normalized spacial score (nSPS) is 16.1. The number of nitrogens with two attached hydrogens (primary N) is 1. The molecule has 1 aliphatic rings. The number of hydrogen-bond acceptors (Lipinski definition) is 4. The standard InChI is InChI=1S/C9H12N4/c1-7-3-2-4-11-9(7)13-6-8(10)5-12-13/h2-4,6,12H,5,10H2,1H3. The first-order valence-electron chi connectivity index (χ1n) is 4.18. The van der Waals surface area contributed by atoms with Gasteiger partial charge in [0, 0.05) is 18.1 Å². The van der Waals surface area contributed by atoms with Crippen molar-refractivity contribution in [3.63, 3.8) is 0 Å². The summed E-state index contributed by atoms with van der Waals surface area (Å²) >= 11 is 0. The lowest BCUT2D eigenvalue weighted by Gasteiger charge is -2.15. The number of hydrazine groups is 1. The predicted octanol–water partition coefficient (Wildman–Crippen LogP) is 0.515. The number of anilines is 1. The Labute approximate surface area is 77.0 Å². The maximum Gasteiger partial charge on any atom is 0.149 e. The smallest absolute Gasteiger partial charge is 0.149 e. The summed E-state index contributed by atoms with van der Waals surface area (Å²) in [7, 11) is 0. The average molecular weight is 176 g/mol. The topological polar surface area (TPSA) is 54.2 Å². The minimum atomic E-state index is 0.690. The number of rotatable bonds is 1. The molecule has 0 atom stereocenters. The lowest BCUT2D eigenvalue weighted by atomic mass is 10.3. The van der Waals surface area contributed by atoms with Gasteiger partial charge in [-0.2, -0.15) is 0 Å². The highest BCUT2D eigenvalue weighted by atomic mass is 15.5. The number of nitrogens with one attached hydrogen (secondary N) is 1. The van der Waals surface area contributed by atoms with E-state index in [1.54, 1.807) is 6.20 Å². The Morgan fingerprint density at radius 3 is 3.08 bits per heavy atom. The molecule has 0 aliphatic carbocycles. The van der Waals surface area contributed by atoms with Crippen molar-refractivity contribution in [3.8, 4) is 0 Å². The van der Waals surface area contributed by atoms with E-state index in [-0.39, 0.29) is 0 Å². The molecule has 1 aromatic heterocycles. The van der Waals surface area contributed by atoms with Crippen LogP contribution in [0, 0.1) is 6.92 Å². The Bertz CT molecular complexity index is 345. The van der Waals surface area contributed by atoms with Crippen molar-refractivity contribution in [3.05, 3.63) is 35.8 Å². The van der Waals surface area contributed by atoms with Crippen LogP contribution in [0.4, 0.5) is 5.82 Å². The SMILES string of the molecule is Cc1cccnc1N1C=C(N)CN1. The molecular formula is C9H12N4. The molecule has 0 amide bonds.